The van der Waals surface area contributed by atoms with Gasteiger partial charge in [-0.05, 0) is 28.9 Å². The van der Waals surface area contributed by atoms with Crippen LogP contribution in [0.1, 0.15) is 11.3 Å². The first-order chi connectivity index (χ1) is 4.74. The van der Waals surface area contributed by atoms with E-state index in [0.29, 0.717) is 5.56 Å². The third-order valence-corrected chi connectivity index (χ3v) is 1.61. The van der Waals surface area contributed by atoms with Crippen LogP contribution in [-0.4, -0.2) is 4.98 Å². The van der Waals surface area contributed by atoms with Crippen LogP contribution in [0, 0.1) is 18.3 Å². The molecule has 1 rings (SSSR count). The molecule has 10 heavy (non-hydrogen) atoms. The fraction of sp³-hybridized carbons (Fsp3) is 0.143. The van der Waals surface area contributed by atoms with E-state index in [0.717, 1.165) is 10.2 Å². The molecule has 0 unspecified atom stereocenters. The molecule has 0 aliphatic heterocycles. The number of nitrogens with zero attached hydrogens (tertiary/aromatic N) is 2. The molecule has 0 amide bonds. The second-order valence-electron chi connectivity index (χ2n) is 1.90. The molecule has 0 fully saturated rings. The highest BCUT2D eigenvalue weighted by Gasteiger charge is 1.96. The number of nitriles is 1. The van der Waals surface area contributed by atoms with Crippen LogP contribution in [0.3, 0.4) is 0 Å². The van der Waals surface area contributed by atoms with Crippen LogP contribution in [0.25, 0.3) is 0 Å². The molecule has 0 aliphatic carbocycles. The summed E-state index contributed by atoms with van der Waals surface area (Å²) in [4.78, 5) is 3.98. The van der Waals surface area contributed by atoms with E-state index in [4.69, 9.17) is 5.26 Å². The number of aromatic nitrogens is 1. The van der Waals surface area contributed by atoms with Gasteiger partial charge in [0.1, 0.15) is 6.07 Å². The monoisotopic (exact) mass is 196 g/mol. The lowest BCUT2D eigenvalue weighted by molar-refractivity contribution is 1.17. The van der Waals surface area contributed by atoms with Crippen LogP contribution in [0.15, 0.2) is 16.7 Å². The highest BCUT2D eigenvalue weighted by Crippen LogP contribution is 2.11. The van der Waals surface area contributed by atoms with Gasteiger partial charge in [0.25, 0.3) is 0 Å². The second-order valence-corrected chi connectivity index (χ2v) is 2.81. The van der Waals surface area contributed by atoms with Gasteiger partial charge in [-0.15, -0.1) is 0 Å². The number of rotatable bonds is 0. The van der Waals surface area contributed by atoms with E-state index >= 15 is 0 Å². The fourth-order valence-electron chi connectivity index (χ4n) is 0.621. The van der Waals surface area contributed by atoms with Crippen molar-refractivity contribution in [3.63, 3.8) is 0 Å². The lowest BCUT2D eigenvalue weighted by Crippen LogP contribution is -1.85. The first kappa shape index (κ1) is 7.23. The molecule has 0 saturated heterocycles. The Morgan fingerprint density at radius 2 is 2.40 bits per heavy atom. The Hall–Kier alpha value is -0.880. The van der Waals surface area contributed by atoms with E-state index < -0.39 is 0 Å². The first-order valence-electron chi connectivity index (χ1n) is 2.76. The standard InChI is InChI=1S/C7H5BrN2/c1-5-6(3-9)2-7(8)4-10-5/h2,4H,1H3. The highest BCUT2D eigenvalue weighted by molar-refractivity contribution is 9.10. The van der Waals surface area contributed by atoms with E-state index in [1.54, 1.807) is 12.3 Å². The summed E-state index contributed by atoms with van der Waals surface area (Å²) in [5.74, 6) is 0. The molecular formula is C7H5BrN2. The van der Waals surface area contributed by atoms with Gasteiger partial charge in [0, 0.05) is 10.7 Å². The number of halogens is 1. The van der Waals surface area contributed by atoms with Gasteiger partial charge < -0.3 is 0 Å². The van der Waals surface area contributed by atoms with Crippen molar-refractivity contribution in [3.05, 3.63) is 28.0 Å². The third kappa shape index (κ3) is 1.34. The average molecular weight is 197 g/mol. The fourth-order valence-corrected chi connectivity index (χ4v) is 0.952. The summed E-state index contributed by atoms with van der Waals surface area (Å²) in [7, 11) is 0. The van der Waals surface area contributed by atoms with Crippen molar-refractivity contribution in [1.82, 2.24) is 4.98 Å². The highest BCUT2D eigenvalue weighted by atomic mass is 79.9. The molecule has 3 heteroatoms. The molecule has 50 valence electrons. The molecule has 0 aliphatic rings. The lowest BCUT2D eigenvalue weighted by atomic mass is 10.2. The Kier molecular flexibility index (Phi) is 2.03. The van der Waals surface area contributed by atoms with Crippen molar-refractivity contribution in [2.24, 2.45) is 0 Å². The average Bonchev–Trinajstić information content (AvgIpc) is 1.94. The minimum Gasteiger partial charge on any atom is -0.259 e. The smallest absolute Gasteiger partial charge is 0.101 e. The molecule has 0 saturated carbocycles. The minimum atomic E-state index is 0.620. The summed E-state index contributed by atoms with van der Waals surface area (Å²) in [5, 5.41) is 8.53. The summed E-state index contributed by atoms with van der Waals surface area (Å²) in [6.07, 6.45) is 1.68. The molecule has 0 atom stereocenters. The van der Waals surface area contributed by atoms with Gasteiger partial charge in [-0.2, -0.15) is 5.26 Å². The molecular weight excluding hydrogens is 192 g/mol. The molecule has 0 bridgehead atoms. The SMILES string of the molecule is Cc1ncc(Br)cc1C#N. The van der Waals surface area contributed by atoms with Gasteiger partial charge in [-0.3, -0.25) is 4.98 Å². The van der Waals surface area contributed by atoms with E-state index in [9.17, 15) is 0 Å². The van der Waals surface area contributed by atoms with Gasteiger partial charge in [-0.25, -0.2) is 0 Å². The Morgan fingerprint density at radius 3 is 2.90 bits per heavy atom. The maximum absolute atomic E-state index is 8.53. The van der Waals surface area contributed by atoms with Gasteiger partial charge in [0.2, 0.25) is 0 Å². The van der Waals surface area contributed by atoms with E-state index in [-0.39, 0.29) is 0 Å². The van der Waals surface area contributed by atoms with Crippen molar-refractivity contribution < 1.29 is 0 Å². The largest absolute Gasteiger partial charge is 0.259 e. The van der Waals surface area contributed by atoms with Crippen LogP contribution in [-0.2, 0) is 0 Å². The molecule has 2 nitrogen and oxygen atoms in total. The Bertz CT molecular complexity index is 288. The first-order valence-corrected chi connectivity index (χ1v) is 3.55. The van der Waals surface area contributed by atoms with Crippen molar-refractivity contribution in [2.45, 2.75) is 6.92 Å². The zero-order valence-electron chi connectivity index (χ0n) is 5.43. The van der Waals surface area contributed by atoms with Crippen LogP contribution in [0.5, 0.6) is 0 Å². The zero-order valence-corrected chi connectivity index (χ0v) is 7.01. The van der Waals surface area contributed by atoms with E-state index in [1.807, 2.05) is 13.0 Å². The molecule has 0 radical (unpaired) electrons. The Morgan fingerprint density at radius 1 is 1.70 bits per heavy atom. The minimum absolute atomic E-state index is 0.620. The van der Waals surface area contributed by atoms with Crippen molar-refractivity contribution in [1.29, 1.82) is 5.26 Å². The molecule has 0 N–H and O–H groups in total. The molecule has 1 aromatic heterocycles. The van der Waals surface area contributed by atoms with Crippen LogP contribution < -0.4 is 0 Å². The summed E-state index contributed by atoms with van der Waals surface area (Å²) >= 11 is 3.22. The quantitative estimate of drug-likeness (QED) is 0.637. The number of pyridine rings is 1. The third-order valence-electron chi connectivity index (χ3n) is 1.17. The van der Waals surface area contributed by atoms with Crippen LogP contribution >= 0.6 is 15.9 Å². The number of hydrogen-bond acceptors (Lipinski definition) is 2. The summed E-state index contributed by atoms with van der Waals surface area (Å²) in [5.41, 5.74) is 1.39. The maximum atomic E-state index is 8.53. The van der Waals surface area contributed by atoms with Crippen molar-refractivity contribution >= 4 is 15.9 Å². The predicted octanol–water partition coefficient (Wildman–Crippen LogP) is 2.02. The summed E-state index contributed by atoms with van der Waals surface area (Å²) in [6.45, 7) is 1.81. The van der Waals surface area contributed by atoms with Crippen molar-refractivity contribution in [3.8, 4) is 6.07 Å². The predicted molar refractivity (Wildman–Crippen MR) is 41.4 cm³/mol. The molecule has 0 spiro atoms. The number of hydrogen-bond donors (Lipinski definition) is 0. The molecule has 0 aromatic carbocycles. The van der Waals surface area contributed by atoms with Gasteiger partial charge in [0.05, 0.1) is 11.3 Å². The van der Waals surface area contributed by atoms with Crippen LogP contribution in [0.4, 0.5) is 0 Å². The molecule has 1 aromatic rings. The lowest BCUT2D eigenvalue weighted by Gasteiger charge is -1.93. The number of aryl methyl sites for hydroxylation is 1. The molecule has 1 heterocycles. The van der Waals surface area contributed by atoms with Gasteiger partial charge >= 0.3 is 0 Å². The summed E-state index contributed by atoms with van der Waals surface area (Å²) < 4.78 is 0.842. The zero-order chi connectivity index (χ0) is 7.56. The second kappa shape index (κ2) is 2.80. The van der Waals surface area contributed by atoms with E-state index in [1.165, 1.54) is 0 Å². The Balaban J connectivity index is 3.25. The van der Waals surface area contributed by atoms with E-state index in [2.05, 4.69) is 20.9 Å². The maximum Gasteiger partial charge on any atom is 0.101 e. The van der Waals surface area contributed by atoms with Crippen molar-refractivity contribution in [2.75, 3.05) is 0 Å². The normalized spacial score (nSPS) is 8.90. The van der Waals surface area contributed by atoms with Crippen LogP contribution in [0.2, 0.25) is 0 Å². The van der Waals surface area contributed by atoms with Gasteiger partial charge in [-0.1, -0.05) is 0 Å². The topological polar surface area (TPSA) is 36.7 Å². The summed E-state index contributed by atoms with van der Waals surface area (Å²) in [6, 6.07) is 3.80. The Labute approximate surface area is 67.6 Å². The van der Waals surface area contributed by atoms with Gasteiger partial charge in [0.15, 0.2) is 0 Å².